The monoisotopic (exact) mass is 350 g/mol. The number of H-pyrrole nitrogens is 1. The minimum absolute atomic E-state index is 0.137. The van der Waals surface area contributed by atoms with Crippen molar-refractivity contribution in [3.63, 3.8) is 0 Å². The van der Waals surface area contributed by atoms with Crippen molar-refractivity contribution in [3.05, 3.63) is 60.0 Å². The van der Waals surface area contributed by atoms with E-state index in [1.54, 1.807) is 6.20 Å². The molecule has 1 amide bonds. The Balaban J connectivity index is 1.51. The number of hydrogen-bond acceptors (Lipinski definition) is 3. The number of aromatic amines is 1. The summed E-state index contributed by atoms with van der Waals surface area (Å²) in [5.74, 6) is -0.137. The highest BCUT2D eigenvalue weighted by Crippen LogP contribution is 2.17. The molecule has 0 saturated heterocycles. The van der Waals surface area contributed by atoms with E-state index in [1.165, 1.54) is 23.8 Å². The lowest BCUT2D eigenvalue weighted by atomic mass is 10.1. The Labute approximate surface area is 154 Å². The summed E-state index contributed by atoms with van der Waals surface area (Å²) in [6, 6.07) is 11.9. The quantitative estimate of drug-likeness (QED) is 0.508. The van der Waals surface area contributed by atoms with Crippen LogP contribution in [0.15, 0.2) is 48.8 Å². The van der Waals surface area contributed by atoms with Gasteiger partial charge in [0.25, 0.3) is 5.91 Å². The SMILES string of the molecule is CCCCCNc1ccnc(C(=O)NCCc2c[nH]c3ccccc23)c1. The third kappa shape index (κ3) is 4.63. The highest BCUT2D eigenvalue weighted by molar-refractivity contribution is 5.93. The smallest absolute Gasteiger partial charge is 0.269 e. The largest absolute Gasteiger partial charge is 0.385 e. The fourth-order valence-corrected chi connectivity index (χ4v) is 3.01. The number of pyridine rings is 1. The topological polar surface area (TPSA) is 69.8 Å². The summed E-state index contributed by atoms with van der Waals surface area (Å²) in [6.07, 6.45) is 8.00. The maximum absolute atomic E-state index is 12.4. The van der Waals surface area contributed by atoms with Gasteiger partial charge in [0.05, 0.1) is 0 Å². The van der Waals surface area contributed by atoms with E-state index >= 15 is 0 Å². The van der Waals surface area contributed by atoms with Crippen LogP contribution in [0.2, 0.25) is 0 Å². The lowest BCUT2D eigenvalue weighted by Crippen LogP contribution is -2.26. The first-order chi connectivity index (χ1) is 12.8. The van der Waals surface area contributed by atoms with Crippen molar-refractivity contribution in [2.45, 2.75) is 32.6 Å². The average molecular weight is 350 g/mol. The van der Waals surface area contributed by atoms with Crippen molar-refractivity contribution in [2.75, 3.05) is 18.4 Å². The van der Waals surface area contributed by atoms with Gasteiger partial charge in [-0.1, -0.05) is 38.0 Å². The summed E-state index contributed by atoms with van der Waals surface area (Å²) in [5, 5.41) is 7.52. The van der Waals surface area contributed by atoms with Crippen LogP contribution >= 0.6 is 0 Å². The van der Waals surface area contributed by atoms with Gasteiger partial charge in [-0.25, -0.2) is 0 Å². The van der Waals surface area contributed by atoms with Gasteiger partial charge in [0.15, 0.2) is 0 Å². The molecular formula is C21H26N4O. The predicted molar refractivity (Wildman–Crippen MR) is 107 cm³/mol. The molecule has 0 atom stereocenters. The van der Waals surface area contributed by atoms with E-state index in [1.807, 2.05) is 30.5 Å². The lowest BCUT2D eigenvalue weighted by Gasteiger charge is -2.08. The predicted octanol–water partition coefficient (Wildman–Crippen LogP) is 4.14. The van der Waals surface area contributed by atoms with E-state index < -0.39 is 0 Å². The van der Waals surface area contributed by atoms with Crippen molar-refractivity contribution in [1.29, 1.82) is 0 Å². The Hall–Kier alpha value is -2.82. The Morgan fingerprint density at radius 2 is 2.04 bits per heavy atom. The summed E-state index contributed by atoms with van der Waals surface area (Å²) < 4.78 is 0. The minimum atomic E-state index is -0.137. The summed E-state index contributed by atoms with van der Waals surface area (Å²) in [5.41, 5.74) is 3.72. The molecule has 0 aliphatic carbocycles. The molecular weight excluding hydrogens is 324 g/mol. The number of fused-ring (bicyclic) bond motifs is 1. The first-order valence-corrected chi connectivity index (χ1v) is 9.31. The number of para-hydroxylation sites is 1. The molecule has 1 aromatic carbocycles. The molecule has 2 heterocycles. The van der Waals surface area contributed by atoms with Crippen molar-refractivity contribution in [2.24, 2.45) is 0 Å². The molecule has 136 valence electrons. The van der Waals surface area contributed by atoms with E-state index in [-0.39, 0.29) is 5.91 Å². The third-order valence-electron chi connectivity index (χ3n) is 4.46. The molecule has 0 unspecified atom stereocenters. The van der Waals surface area contributed by atoms with Gasteiger partial charge in [-0.05, 0) is 36.6 Å². The Morgan fingerprint density at radius 1 is 1.15 bits per heavy atom. The zero-order chi connectivity index (χ0) is 18.2. The van der Waals surface area contributed by atoms with Crippen molar-refractivity contribution >= 4 is 22.5 Å². The number of nitrogens with one attached hydrogen (secondary N) is 3. The standard InChI is InChI=1S/C21H26N4O/c1-2-3-6-11-22-17-10-13-23-20(14-17)21(26)24-12-9-16-15-25-19-8-5-4-7-18(16)19/h4-5,7-8,10,13-15,25H,2-3,6,9,11-12H2,1H3,(H,22,23)(H,24,26). The second kappa shape index (κ2) is 9.04. The van der Waals surface area contributed by atoms with E-state index in [9.17, 15) is 4.79 Å². The fourth-order valence-electron chi connectivity index (χ4n) is 3.01. The van der Waals surface area contributed by atoms with Gasteiger partial charge in [0, 0.05) is 42.1 Å². The van der Waals surface area contributed by atoms with Gasteiger partial charge in [0.2, 0.25) is 0 Å². The van der Waals surface area contributed by atoms with Crippen LogP contribution in [-0.2, 0) is 6.42 Å². The van der Waals surface area contributed by atoms with Gasteiger partial charge in [-0.2, -0.15) is 0 Å². The van der Waals surface area contributed by atoms with Crippen LogP contribution in [0, 0.1) is 0 Å². The molecule has 0 saturated carbocycles. The van der Waals surface area contributed by atoms with Gasteiger partial charge in [-0.3, -0.25) is 9.78 Å². The fraction of sp³-hybridized carbons (Fsp3) is 0.333. The van der Waals surface area contributed by atoms with E-state index in [0.29, 0.717) is 12.2 Å². The van der Waals surface area contributed by atoms with E-state index in [4.69, 9.17) is 0 Å². The number of rotatable bonds is 9. The molecule has 3 aromatic rings. The zero-order valence-corrected chi connectivity index (χ0v) is 15.2. The van der Waals surface area contributed by atoms with Crippen LogP contribution < -0.4 is 10.6 Å². The maximum atomic E-state index is 12.4. The van der Waals surface area contributed by atoms with Crippen molar-refractivity contribution in [3.8, 4) is 0 Å². The van der Waals surface area contributed by atoms with Crippen LogP contribution in [0.25, 0.3) is 10.9 Å². The number of carbonyl (C=O) groups excluding carboxylic acids is 1. The highest BCUT2D eigenvalue weighted by atomic mass is 16.1. The Morgan fingerprint density at radius 3 is 2.92 bits per heavy atom. The van der Waals surface area contributed by atoms with Crippen LogP contribution in [0.1, 0.15) is 42.2 Å². The molecule has 26 heavy (non-hydrogen) atoms. The molecule has 0 aliphatic heterocycles. The Kier molecular flexibility index (Phi) is 6.25. The van der Waals surface area contributed by atoms with Crippen molar-refractivity contribution < 1.29 is 4.79 Å². The molecule has 0 spiro atoms. The number of hydrogen-bond donors (Lipinski definition) is 3. The molecule has 0 fully saturated rings. The van der Waals surface area contributed by atoms with Crippen LogP contribution in [-0.4, -0.2) is 29.0 Å². The van der Waals surface area contributed by atoms with Gasteiger partial charge in [0.1, 0.15) is 5.69 Å². The van der Waals surface area contributed by atoms with Gasteiger partial charge in [-0.15, -0.1) is 0 Å². The number of amides is 1. The molecule has 0 bridgehead atoms. The Bertz CT molecular complexity index is 856. The molecule has 0 radical (unpaired) electrons. The first kappa shape index (κ1) is 18.0. The van der Waals surface area contributed by atoms with Crippen LogP contribution in [0.5, 0.6) is 0 Å². The summed E-state index contributed by atoms with van der Waals surface area (Å²) >= 11 is 0. The summed E-state index contributed by atoms with van der Waals surface area (Å²) in [4.78, 5) is 19.8. The minimum Gasteiger partial charge on any atom is -0.385 e. The zero-order valence-electron chi connectivity index (χ0n) is 15.2. The van der Waals surface area contributed by atoms with Crippen LogP contribution in [0.3, 0.4) is 0 Å². The average Bonchev–Trinajstić information content (AvgIpc) is 3.09. The summed E-state index contributed by atoms with van der Waals surface area (Å²) in [6.45, 7) is 3.68. The van der Waals surface area contributed by atoms with Gasteiger partial charge < -0.3 is 15.6 Å². The molecule has 3 rings (SSSR count). The second-order valence-electron chi connectivity index (χ2n) is 6.43. The molecule has 2 aromatic heterocycles. The van der Waals surface area contributed by atoms with Gasteiger partial charge >= 0.3 is 0 Å². The molecule has 0 aliphatic rings. The third-order valence-corrected chi connectivity index (χ3v) is 4.46. The number of unbranched alkanes of at least 4 members (excludes halogenated alkanes) is 2. The second-order valence-corrected chi connectivity index (χ2v) is 6.43. The van der Waals surface area contributed by atoms with E-state index in [2.05, 4.69) is 39.7 Å². The molecule has 5 nitrogen and oxygen atoms in total. The van der Waals surface area contributed by atoms with Crippen LogP contribution in [0.4, 0.5) is 5.69 Å². The van der Waals surface area contributed by atoms with Crippen molar-refractivity contribution in [1.82, 2.24) is 15.3 Å². The highest BCUT2D eigenvalue weighted by Gasteiger charge is 2.08. The van der Waals surface area contributed by atoms with E-state index in [0.717, 1.165) is 30.6 Å². The number of carbonyl (C=O) groups is 1. The number of nitrogens with zero attached hydrogens (tertiary/aromatic N) is 1. The maximum Gasteiger partial charge on any atom is 0.269 e. The summed E-state index contributed by atoms with van der Waals surface area (Å²) in [7, 11) is 0. The number of anilines is 1. The molecule has 5 heteroatoms. The molecule has 3 N–H and O–H groups in total. The number of benzene rings is 1. The lowest BCUT2D eigenvalue weighted by molar-refractivity contribution is 0.0949. The normalized spacial score (nSPS) is 10.8. The number of aromatic nitrogens is 2. The first-order valence-electron chi connectivity index (χ1n) is 9.31.